The van der Waals surface area contributed by atoms with E-state index in [9.17, 15) is 18.0 Å². The van der Waals surface area contributed by atoms with Gasteiger partial charge in [-0.3, -0.25) is 4.74 Å². The Morgan fingerprint density at radius 2 is 2.19 bits per heavy atom. The number of thioether (sulfide) groups is 1. The van der Waals surface area contributed by atoms with Crippen molar-refractivity contribution in [1.82, 2.24) is 0 Å². The molecule has 0 atom stereocenters. The maximum absolute atomic E-state index is 11.6. The number of hydrogen-bond donors (Lipinski definition) is 1. The van der Waals surface area contributed by atoms with Gasteiger partial charge in [-0.05, 0) is 12.1 Å². The number of carboxylic acid groups (broad SMARTS) is 1. The van der Waals surface area contributed by atoms with E-state index >= 15 is 0 Å². The lowest BCUT2D eigenvalue weighted by molar-refractivity contribution is -0.322. The van der Waals surface area contributed by atoms with Crippen LogP contribution in [0.4, 0.5) is 13.2 Å². The van der Waals surface area contributed by atoms with Crippen molar-refractivity contribution < 1.29 is 32.2 Å². The molecule has 1 rings (SSSR count). The maximum atomic E-state index is 11.6. The third-order valence-corrected chi connectivity index (χ3v) is 2.26. The Balaban J connectivity index is 2.30. The number of alkyl halides is 3. The smallest absolute Gasteiger partial charge is 0.475 e. The van der Waals surface area contributed by atoms with Gasteiger partial charge in [-0.1, -0.05) is 11.8 Å². The molecular formula is C8H7F3O4S. The Hall–Kier alpha value is -1.15. The second kappa shape index (κ2) is 5.26. The number of carboxylic acids is 1. The van der Waals surface area contributed by atoms with Crippen LogP contribution < -0.4 is 0 Å². The van der Waals surface area contributed by atoms with Gasteiger partial charge in [0.15, 0.2) is 5.09 Å². The molecule has 1 aromatic heterocycles. The van der Waals surface area contributed by atoms with E-state index in [2.05, 4.69) is 4.74 Å². The van der Waals surface area contributed by atoms with Gasteiger partial charge in [0.2, 0.25) is 5.76 Å². The summed E-state index contributed by atoms with van der Waals surface area (Å²) in [7, 11) is 0. The summed E-state index contributed by atoms with van der Waals surface area (Å²) in [6.45, 7) is -0.517. The van der Waals surface area contributed by atoms with Crippen molar-refractivity contribution >= 4 is 17.7 Å². The van der Waals surface area contributed by atoms with Gasteiger partial charge in [-0.15, -0.1) is 13.2 Å². The number of aromatic carboxylic acids is 1. The first kappa shape index (κ1) is 12.9. The van der Waals surface area contributed by atoms with Gasteiger partial charge in [0.05, 0.1) is 6.61 Å². The van der Waals surface area contributed by atoms with Crippen molar-refractivity contribution in [3.8, 4) is 0 Å². The van der Waals surface area contributed by atoms with Gasteiger partial charge in [0.1, 0.15) is 0 Å². The Morgan fingerprint density at radius 3 is 2.69 bits per heavy atom. The third-order valence-electron chi connectivity index (χ3n) is 1.39. The fourth-order valence-corrected chi connectivity index (χ4v) is 1.49. The molecule has 0 radical (unpaired) electrons. The largest absolute Gasteiger partial charge is 0.522 e. The molecule has 0 unspecified atom stereocenters. The molecule has 16 heavy (non-hydrogen) atoms. The quantitative estimate of drug-likeness (QED) is 0.648. The maximum Gasteiger partial charge on any atom is 0.522 e. The van der Waals surface area contributed by atoms with E-state index in [1.165, 1.54) is 12.1 Å². The van der Waals surface area contributed by atoms with Crippen LogP contribution >= 0.6 is 11.8 Å². The summed E-state index contributed by atoms with van der Waals surface area (Å²) in [5, 5.41) is 8.74. The number of hydrogen-bond acceptors (Lipinski definition) is 4. The monoisotopic (exact) mass is 256 g/mol. The first-order chi connectivity index (χ1) is 7.38. The average molecular weight is 256 g/mol. The molecular weight excluding hydrogens is 249 g/mol. The van der Waals surface area contributed by atoms with Gasteiger partial charge in [0.25, 0.3) is 0 Å². The van der Waals surface area contributed by atoms with Gasteiger partial charge in [-0.25, -0.2) is 4.79 Å². The van der Waals surface area contributed by atoms with Crippen molar-refractivity contribution in [1.29, 1.82) is 0 Å². The van der Waals surface area contributed by atoms with Crippen LogP contribution in [0.1, 0.15) is 10.6 Å². The van der Waals surface area contributed by atoms with Crippen LogP contribution in [0.3, 0.4) is 0 Å². The van der Waals surface area contributed by atoms with Crippen LogP contribution in [-0.2, 0) is 4.74 Å². The van der Waals surface area contributed by atoms with E-state index in [4.69, 9.17) is 9.52 Å². The van der Waals surface area contributed by atoms with Gasteiger partial charge in [-0.2, -0.15) is 0 Å². The summed E-state index contributed by atoms with van der Waals surface area (Å²) in [6, 6.07) is 2.61. The highest BCUT2D eigenvalue weighted by molar-refractivity contribution is 7.99. The molecule has 8 heteroatoms. The van der Waals surface area contributed by atoms with E-state index < -0.39 is 18.9 Å². The molecule has 0 aromatic carbocycles. The summed E-state index contributed by atoms with van der Waals surface area (Å²) in [5.41, 5.74) is 0. The second-order valence-electron chi connectivity index (χ2n) is 2.57. The number of furan rings is 1. The predicted molar refractivity (Wildman–Crippen MR) is 48.4 cm³/mol. The number of carbonyl (C=O) groups is 1. The van der Waals surface area contributed by atoms with Crippen molar-refractivity contribution in [2.24, 2.45) is 0 Å². The van der Waals surface area contributed by atoms with Crippen LogP contribution in [-0.4, -0.2) is 29.8 Å². The minimum atomic E-state index is -4.64. The molecule has 0 spiro atoms. The summed E-state index contributed by atoms with van der Waals surface area (Å²) < 4.78 is 43.0. The summed E-state index contributed by atoms with van der Waals surface area (Å²) in [6.07, 6.45) is -4.64. The van der Waals surface area contributed by atoms with E-state index in [1.807, 2.05) is 0 Å². The molecule has 0 saturated heterocycles. The number of rotatable bonds is 5. The van der Waals surface area contributed by atoms with E-state index in [0.717, 1.165) is 11.8 Å². The molecule has 0 fully saturated rings. The lowest BCUT2D eigenvalue weighted by atomic mass is 10.5. The highest BCUT2D eigenvalue weighted by Crippen LogP contribution is 2.22. The first-order valence-electron chi connectivity index (χ1n) is 4.05. The van der Waals surface area contributed by atoms with Crippen molar-refractivity contribution in [2.75, 3.05) is 12.4 Å². The van der Waals surface area contributed by atoms with Gasteiger partial charge < -0.3 is 9.52 Å². The molecule has 90 valence electrons. The topological polar surface area (TPSA) is 59.7 Å². The lowest BCUT2D eigenvalue weighted by Crippen LogP contribution is -2.15. The van der Waals surface area contributed by atoms with Gasteiger partial charge >= 0.3 is 12.3 Å². The summed E-state index contributed by atoms with van der Waals surface area (Å²) in [5.74, 6) is -1.45. The molecule has 0 saturated carbocycles. The number of ether oxygens (including phenoxy) is 1. The minimum absolute atomic E-state index is 0.0199. The molecule has 0 aliphatic carbocycles. The first-order valence-corrected chi connectivity index (χ1v) is 5.03. The van der Waals surface area contributed by atoms with Crippen LogP contribution in [0.25, 0.3) is 0 Å². The Morgan fingerprint density at radius 1 is 1.50 bits per heavy atom. The van der Waals surface area contributed by atoms with Crippen LogP contribution in [0.5, 0.6) is 0 Å². The zero-order chi connectivity index (χ0) is 12.2. The highest BCUT2D eigenvalue weighted by Gasteiger charge is 2.28. The third kappa shape index (κ3) is 4.58. The molecule has 0 bridgehead atoms. The zero-order valence-electron chi connectivity index (χ0n) is 7.78. The van der Waals surface area contributed by atoms with E-state index in [1.54, 1.807) is 0 Å². The SMILES string of the molecule is O=C(O)c1ccc(SCCOC(F)(F)F)o1. The molecule has 1 N–H and O–H groups in total. The van der Waals surface area contributed by atoms with Crippen LogP contribution in [0.15, 0.2) is 21.6 Å². The zero-order valence-corrected chi connectivity index (χ0v) is 8.60. The van der Waals surface area contributed by atoms with E-state index in [0.29, 0.717) is 0 Å². The molecule has 0 aliphatic heterocycles. The van der Waals surface area contributed by atoms with E-state index in [-0.39, 0.29) is 16.6 Å². The van der Waals surface area contributed by atoms with Crippen molar-refractivity contribution in [2.45, 2.75) is 11.5 Å². The fourth-order valence-electron chi connectivity index (χ4n) is 0.812. The number of halogens is 3. The molecule has 0 aliphatic rings. The molecule has 1 aromatic rings. The lowest BCUT2D eigenvalue weighted by Gasteiger charge is -2.05. The normalized spacial score (nSPS) is 11.7. The average Bonchev–Trinajstić information content (AvgIpc) is 2.59. The van der Waals surface area contributed by atoms with Crippen LogP contribution in [0, 0.1) is 0 Å². The summed E-state index contributed by atoms with van der Waals surface area (Å²) >= 11 is 0.944. The predicted octanol–water partition coefficient (Wildman–Crippen LogP) is 2.61. The molecule has 1 heterocycles. The Labute approximate surface area is 92.4 Å². The van der Waals surface area contributed by atoms with Crippen molar-refractivity contribution in [3.05, 3.63) is 17.9 Å². The van der Waals surface area contributed by atoms with Crippen molar-refractivity contribution in [3.63, 3.8) is 0 Å². The van der Waals surface area contributed by atoms with Gasteiger partial charge in [0, 0.05) is 5.75 Å². The second-order valence-corrected chi connectivity index (χ2v) is 3.67. The minimum Gasteiger partial charge on any atom is -0.475 e. The molecule has 0 amide bonds. The molecule has 4 nitrogen and oxygen atoms in total. The highest BCUT2D eigenvalue weighted by atomic mass is 32.2. The standard InChI is InChI=1S/C8H7F3O4S/c9-8(10,11)14-3-4-16-6-2-1-5(15-6)7(12)13/h1-2H,3-4H2,(H,12,13). The summed E-state index contributed by atoms with van der Waals surface area (Å²) in [4.78, 5) is 10.4. The Bertz CT molecular complexity index is 360. The fraction of sp³-hybridized carbons (Fsp3) is 0.375. The van der Waals surface area contributed by atoms with Crippen LogP contribution in [0.2, 0.25) is 0 Å². The Kier molecular flexibility index (Phi) is 4.25.